The highest BCUT2D eigenvalue weighted by Crippen LogP contribution is 2.41. The highest BCUT2D eigenvalue weighted by Gasteiger charge is 2.35. The maximum atomic E-state index is 13.0. The molecule has 0 bridgehead atoms. The summed E-state index contributed by atoms with van der Waals surface area (Å²) >= 11 is 0. The number of rotatable bonds is 4. The van der Waals surface area contributed by atoms with Crippen LogP contribution in [0.1, 0.15) is 22.7 Å². The smallest absolute Gasteiger partial charge is 0.238 e. The van der Waals surface area contributed by atoms with Crippen LogP contribution in [0.3, 0.4) is 0 Å². The number of nitrogens with one attached hydrogen (secondary N) is 2. The average Bonchev–Trinajstić information content (AvgIpc) is 3.34. The van der Waals surface area contributed by atoms with Crippen LogP contribution in [0, 0.1) is 6.92 Å². The van der Waals surface area contributed by atoms with Gasteiger partial charge in [0.25, 0.3) is 0 Å². The molecule has 3 aromatic carbocycles. The van der Waals surface area contributed by atoms with Crippen LogP contribution in [0.2, 0.25) is 0 Å². The molecular formula is C25H21N3O2. The third-order valence-electron chi connectivity index (χ3n) is 5.47. The topological polar surface area (TPSA) is 67.0 Å². The van der Waals surface area contributed by atoms with Gasteiger partial charge in [-0.2, -0.15) is 0 Å². The van der Waals surface area contributed by atoms with E-state index in [0.717, 1.165) is 50.9 Å². The first-order valence-corrected chi connectivity index (χ1v) is 9.85. The Morgan fingerprint density at radius 2 is 1.70 bits per heavy atom. The fraction of sp³-hybridized carbons (Fsp3) is 0.120. The van der Waals surface area contributed by atoms with Gasteiger partial charge in [-0.25, -0.2) is 4.98 Å². The minimum atomic E-state index is -0.443. The van der Waals surface area contributed by atoms with Gasteiger partial charge in [0, 0.05) is 16.8 Å². The molecule has 5 rings (SSSR count). The molecule has 2 N–H and O–H groups in total. The quantitative estimate of drug-likeness (QED) is 0.502. The Morgan fingerprint density at radius 1 is 0.933 bits per heavy atom. The number of aromatic nitrogens is 2. The van der Waals surface area contributed by atoms with Crippen molar-refractivity contribution in [2.75, 3.05) is 12.4 Å². The van der Waals surface area contributed by atoms with E-state index in [1.807, 2.05) is 73.7 Å². The van der Waals surface area contributed by atoms with Crippen molar-refractivity contribution < 1.29 is 9.53 Å². The summed E-state index contributed by atoms with van der Waals surface area (Å²) < 4.78 is 5.29. The molecule has 0 saturated heterocycles. The van der Waals surface area contributed by atoms with Crippen molar-refractivity contribution in [3.05, 3.63) is 89.6 Å². The molecule has 2 heterocycles. The summed E-state index contributed by atoms with van der Waals surface area (Å²) in [5, 5.41) is 3.01. The Labute approximate surface area is 174 Å². The van der Waals surface area contributed by atoms with E-state index in [4.69, 9.17) is 9.72 Å². The number of amides is 1. The molecular weight excluding hydrogens is 374 g/mol. The zero-order chi connectivity index (χ0) is 20.7. The van der Waals surface area contributed by atoms with E-state index < -0.39 is 5.92 Å². The zero-order valence-corrected chi connectivity index (χ0v) is 16.8. The number of methoxy groups -OCH3 is 1. The number of aryl methyl sites for hydroxylation is 1. The number of nitrogens with zero attached hydrogens (tertiary/aromatic N) is 1. The van der Waals surface area contributed by atoms with Gasteiger partial charge in [-0.15, -0.1) is 0 Å². The first-order valence-electron chi connectivity index (χ1n) is 9.85. The monoisotopic (exact) mass is 395 g/mol. The van der Waals surface area contributed by atoms with Crippen molar-refractivity contribution in [3.8, 4) is 28.4 Å². The normalized spacial score (nSPS) is 15.0. The van der Waals surface area contributed by atoms with Crippen LogP contribution in [0.25, 0.3) is 22.6 Å². The van der Waals surface area contributed by atoms with E-state index in [2.05, 4.69) is 16.4 Å². The number of fused-ring (bicyclic) bond motifs is 1. The number of imidazole rings is 1. The van der Waals surface area contributed by atoms with E-state index in [-0.39, 0.29) is 5.91 Å². The van der Waals surface area contributed by atoms with Crippen LogP contribution in [0.5, 0.6) is 5.75 Å². The molecule has 30 heavy (non-hydrogen) atoms. The number of carbonyl (C=O) groups is 1. The van der Waals surface area contributed by atoms with Crippen LogP contribution in [0.15, 0.2) is 72.8 Å². The molecule has 5 heteroatoms. The lowest BCUT2D eigenvalue weighted by Gasteiger charge is -2.10. The summed E-state index contributed by atoms with van der Waals surface area (Å²) in [6.45, 7) is 2.03. The Balaban J connectivity index is 1.70. The van der Waals surface area contributed by atoms with Crippen molar-refractivity contribution in [1.82, 2.24) is 9.97 Å². The van der Waals surface area contributed by atoms with Gasteiger partial charge in [0.1, 0.15) is 17.5 Å². The molecule has 1 aliphatic heterocycles. The Kier molecular flexibility index (Phi) is 4.36. The molecule has 1 amide bonds. The third-order valence-corrected chi connectivity index (χ3v) is 5.47. The maximum Gasteiger partial charge on any atom is 0.238 e. The molecule has 148 valence electrons. The summed E-state index contributed by atoms with van der Waals surface area (Å²) in [4.78, 5) is 21.4. The fourth-order valence-corrected chi connectivity index (χ4v) is 3.96. The molecule has 1 aliphatic rings. The van der Waals surface area contributed by atoms with Crippen molar-refractivity contribution in [3.63, 3.8) is 0 Å². The van der Waals surface area contributed by atoms with Crippen LogP contribution in [-0.2, 0) is 4.79 Å². The largest absolute Gasteiger partial charge is 0.497 e. The molecule has 0 aliphatic carbocycles. The first-order chi connectivity index (χ1) is 14.6. The highest BCUT2D eigenvalue weighted by atomic mass is 16.5. The van der Waals surface area contributed by atoms with E-state index in [9.17, 15) is 4.79 Å². The predicted octanol–water partition coefficient (Wildman–Crippen LogP) is 5.14. The number of hydrogen-bond donors (Lipinski definition) is 2. The van der Waals surface area contributed by atoms with Crippen LogP contribution in [0.4, 0.5) is 5.69 Å². The lowest BCUT2D eigenvalue weighted by atomic mass is 9.93. The van der Waals surface area contributed by atoms with Gasteiger partial charge in [-0.05, 0) is 42.8 Å². The molecule has 1 atom stereocenters. The summed E-state index contributed by atoms with van der Waals surface area (Å²) in [5.74, 6) is 1.03. The molecule has 0 radical (unpaired) electrons. The van der Waals surface area contributed by atoms with Gasteiger partial charge in [0.2, 0.25) is 5.91 Å². The van der Waals surface area contributed by atoms with Gasteiger partial charge in [-0.1, -0.05) is 48.0 Å². The SMILES string of the molecule is COc1ccc(-c2nc(-c3ccccc3)[nH]c2C2C(=O)Nc3ccc(C)cc32)cc1. The molecule has 4 aromatic rings. The minimum Gasteiger partial charge on any atom is -0.497 e. The predicted molar refractivity (Wildman–Crippen MR) is 118 cm³/mol. The fourth-order valence-electron chi connectivity index (χ4n) is 3.96. The maximum absolute atomic E-state index is 13.0. The third kappa shape index (κ3) is 3.05. The zero-order valence-electron chi connectivity index (χ0n) is 16.8. The second-order valence-corrected chi connectivity index (χ2v) is 7.46. The van der Waals surface area contributed by atoms with Crippen LogP contribution < -0.4 is 10.1 Å². The molecule has 0 spiro atoms. The molecule has 1 aromatic heterocycles. The molecule has 0 saturated carbocycles. The van der Waals surface area contributed by atoms with Crippen molar-refractivity contribution in [2.45, 2.75) is 12.8 Å². The number of anilines is 1. The second-order valence-electron chi connectivity index (χ2n) is 7.46. The van der Waals surface area contributed by atoms with Gasteiger partial charge in [0.15, 0.2) is 0 Å². The van der Waals surface area contributed by atoms with Gasteiger partial charge in [0.05, 0.1) is 18.5 Å². The first kappa shape index (κ1) is 18.2. The second kappa shape index (κ2) is 7.19. The van der Waals surface area contributed by atoms with Crippen LogP contribution >= 0.6 is 0 Å². The van der Waals surface area contributed by atoms with Crippen molar-refractivity contribution in [2.24, 2.45) is 0 Å². The van der Waals surface area contributed by atoms with Crippen molar-refractivity contribution >= 4 is 11.6 Å². The standard InChI is InChI=1S/C25H21N3O2/c1-15-8-13-20-19(14-15)21(25(29)26-20)23-22(16-9-11-18(30-2)12-10-16)27-24(28-23)17-6-4-3-5-7-17/h3-14,21H,1-2H3,(H,26,29)(H,27,28). The van der Waals surface area contributed by atoms with E-state index in [1.165, 1.54) is 0 Å². The molecule has 5 nitrogen and oxygen atoms in total. The molecule has 0 fully saturated rings. The summed E-state index contributed by atoms with van der Waals surface area (Å²) in [6, 6.07) is 23.7. The Hall–Kier alpha value is -3.86. The van der Waals surface area contributed by atoms with E-state index in [1.54, 1.807) is 7.11 Å². The number of hydrogen-bond acceptors (Lipinski definition) is 3. The van der Waals surface area contributed by atoms with Gasteiger partial charge < -0.3 is 15.0 Å². The number of aromatic amines is 1. The van der Waals surface area contributed by atoms with E-state index >= 15 is 0 Å². The highest BCUT2D eigenvalue weighted by molar-refractivity contribution is 6.05. The van der Waals surface area contributed by atoms with Crippen molar-refractivity contribution in [1.29, 1.82) is 0 Å². The molecule has 1 unspecified atom stereocenters. The lowest BCUT2D eigenvalue weighted by molar-refractivity contribution is -0.116. The Morgan fingerprint density at radius 3 is 2.43 bits per heavy atom. The minimum absolute atomic E-state index is 0.0476. The van der Waals surface area contributed by atoms with Gasteiger partial charge >= 0.3 is 0 Å². The van der Waals surface area contributed by atoms with Crippen LogP contribution in [-0.4, -0.2) is 23.0 Å². The van der Waals surface area contributed by atoms with E-state index in [0.29, 0.717) is 0 Å². The summed E-state index contributed by atoms with van der Waals surface area (Å²) in [5.41, 5.74) is 6.40. The number of H-pyrrole nitrogens is 1. The summed E-state index contributed by atoms with van der Waals surface area (Å²) in [7, 11) is 1.64. The lowest BCUT2D eigenvalue weighted by Crippen LogP contribution is -2.14. The number of benzene rings is 3. The Bertz CT molecular complexity index is 1230. The van der Waals surface area contributed by atoms with Gasteiger partial charge in [-0.3, -0.25) is 4.79 Å². The summed E-state index contributed by atoms with van der Waals surface area (Å²) in [6.07, 6.45) is 0. The average molecular weight is 395 g/mol. The number of ether oxygens (including phenoxy) is 1. The number of carbonyl (C=O) groups excluding carboxylic acids is 1.